The molecule has 12 heavy (non-hydrogen) atoms. The first-order valence-corrected chi connectivity index (χ1v) is 4.82. The molecule has 0 aromatic carbocycles. The minimum absolute atomic E-state index is 0.262. The fourth-order valence-corrected chi connectivity index (χ4v) is 1.04. The fourth-order valence-electron chi connectivity index (χ4n) is 0.650. The summed E-state index contributed by atoms with van der Waals surface area (Å²) in [5.41, 5.74) is 0.380. The second-order valence-corrected chi connectivity index (χ2v) is 3.14. The lowest BCUT2D eigenvalue weighted by molar-refractivity contribution is 0.0213. The maximum atomic E-state index is 12.9. The summed E-state index contributed by atoms with van der Waals surface area (Å²) in [7, 11) is 0. The lowest BCUT2D eigenvalue weighted by Gasteiger charge is -2.10. The van der Waals surface area contributed by atoms with E-state index in [-0.39, 0.29) is 10.1 Å². The van der Waals surface area contributed by atoms with Gasteiger partial charge in [0.2, 0.25) is 0 Å². The third-order valence-electron chi connectivity index (χ3n) is 1.32. The number of aromatic nitrogens is 2. The number of nitrogens with zero attached hydrogens (tertiary/aromatic N) is 2. The number of aryl methyl sites for hydroxylation is 1. The normalized spacial score (nSPS) is 11.7. The molecule has 0 aliphatic carbocycles. The smallest absolute Gasteiger partial charge is 0.258 e. The molecule has 1 aromatic rings. The summed E-state index contributed by atoms with van der Waals surface area (Å²) >= 11 is 1.62. The van der Waals surface area contributed by atoms with Crippen LogP contribution in [-0.2, 0) is 5.92 Å². The molecule has 0 amide bonds. The number of halogens is 3. The quantitative estimate of drug-likeness (QED) is 0.615. The van der Waals surface area contributed by atoms with Gasteiger partial charge in [0.1, 0.15) is 5.69 Å². The van der Waals surface area contributed by atoms with Crippen molar-refractivity contribution in [2.24, 2.45) is 0 Å². The van der Waals surface area contributed by atoms with Gasteiger partial charge in [0, 0.05) is 6.20 Å². The summed E-state index contributed by atoms with van der Waals surface area (Å²) in [5.74, 6) is -2.86. The summed E-state index contributed by atoms with van der Waals surface area (Å²) in [6.07, 6.45) is 2.46. The largest absolute Gasteiger partial charge is 0.299 e. The van der Waals surface area contributed by atoms with Crippen molar-refractivity contribution >= 4 is 22.6 Å². The predicted molar refractivity (Wildman–Crippen MR) is 49.6 cm³/mol. The Kier molecular flexibility index (Phi) is 2.92. The highest BCUT2D eigenvalue weighted by Crippen LogP contribution is 2.27. The molecule has 0 fully saturated rings. The van der Waals surface area contributed by atoms with E-state index in [1.54, 1.807) is 29.5 Å². The zero-order valence-electron chi connectivity index (χ0n) is 6.39. The van der Waals surface area contributed by atoms with Crippen LogP contribution in [0, 0.1) is 6.92 Å². The maximum absolute atomic E-state index is 12.9. The first-order chi connectivity index (χ1) is 5.56. The molecule has 0 saturated carbocycles. The van der Waals surface area contributed by atoms with Crippen molar-refractivity contribution in [3.05, 3.63) is 23.8 Å². The van der Waals surface area contributed by atoms with Gasteiger partial charge in [-0.1, -0.05) is 22.6 Å². The van der Waals surface area contributed by atoms with E-state index < -0.39 is 5.92 Å². The molecular formula is C7H7F2IN2. The Hall–Kier alpha value is -0.330. The van der Waals surface area contributed by atoms with Crippen molar-refractivity contribution in [1.29, 1.82) is 0 Å². The first kappa shape index (κ1) is 9.76. The molecule has 5 heteroatoms. The zero-order valence-corrected chi connectivity index (χ0v) is 8.55. The van der Waals surface area contributed by atoms with Crippen molar-refractivity contribution in [3.8, 4) is 0 Å². The lowest BCUT2D eigenvalue weighted by Crippen LogP contribution is -2.17. The Labute approximate surface area is 82.6 Å². The van der Waals surface area contributed by atoms with Crippen molar-refractivity contribution < 1.29 is 8.78 Å². The molecule has 0 N–H and O–H groups in total. The van der Waals surface area contributed by atoms with Crippen LogP contribution >= 0.6 is 22.6 Å². The van der Waals surface area contributed by atoms with Crippen LogP contribution in [0.5, 0.6) is 0 Å². The van der Waals surface area contributed by atoms with E-state index in [1.165, 1.54) is 6.20 Å². The molecule has 0 aliphatic rings. The molecule has 1 rings (SSSR count). The lowest BCUT2D eigenvalue weighted by atomic mass is 10.3. The summed E-state index contributed by atoms with van der Waals surface area (Å²) < 4.78 is 25.5. The summed E-state index contributed by atoms with van der Waals surface area (Å²) in [6, 6.07) is 0. The van der Waals surface area contributed by atoms with Gasteiger partial charge in [0.25, 0.3) is 5.92 Å². The maximum Gasteiger partial charge on any atom is 0.299 e. The van der Waals surface area contributed by atoms with Gasteiger partial charge in [-0.3, -0.25) is 9.97 Å². The van der Waals surface area contributed by atoms with Gasteiger partial charge in [-0.25, -0.2) is 0 Å². The molecule has 0 bridgehead atoms. The van der Waals surface area contributed by atoms with Gasteiger partial charge < -0.3 is 0 Å². The zero-order chi connectivity index (χ0) is 9.19. The van der Waals surface area contributed by atoms with Gasteiger partial charge in [0.15, 0.2) is 0 Å². The molecular weight excluding hydrogens is 277 g/mol. The van der Waals surface area contributed by atoms with Crippen LogP contribution in [0.15, 0.2) is 12.4 Å². The van der Waals surface area contributed by atoms with Gasteiger partial charge in [0.05, 0.1) is 16.3 Å². The van der Waals surface area contributed by atoms with Crippen molar-refractivity contribution in [1.82, 2.24) is 9.97 Å². The van der Waals surface area contributed by atoms with E-state index in [0.717, 1.165) is 6.20 Å². The number of alkyl halides is 3. The van der Waals surface area contributed by atoms with Crippen molar-refractivity contribution in [2.45, 2.75) is 12.8 Å². The molecule has 0 radical (unpaired) electrons. The highest BCUT2D eigenvalue weighted by atomic mass is 127. The van der Waals surface area contributed by atoms with E-state index in [9.17, 15) is 8.78 Å². The molecule has 1 aromatic heterocycles. The molecule has 0 atom stereocenters. The van der Waals surface area contributed by atoms with Gasteiger partial charge >= 0.3 is 0 Å². The third kappa shape index (κ3) is 2.09. The number of hydrogen-bond donors (Lipinski definition) is 0. The highest BCUT2D eigenvalue weighted by molar-refractivity contribution is 14.1. The van der Waals surface area contributed by atoms with E-state index >= 15 is 0 Å². The van der Waals surface area contributed by atoms with Crippen LogP contribution in [0.4, 0.5) is 8.78 Å². The summed E-state index contributed by atoms with van der Waals surface area (Å²) in [6.45, 7) is 1.71. The summed E-state index contributed by atoms with van der Waals surface area (Å²) in [4.78, 5) is 7.35. The van der Waals surface area contributed by atoms with Crippen LogP contribution in [0.2, 0.25) is 0 Å². The van der Waals surface area contributed by atoms with Crippen molar-refractivity contribution in [3.63, 3.8) is 0 Å². The molecule has 0 unspecified atom stereocenters. The Bertz CT molecular complexity index is 261. The van der Waals surface area contributed by atoms with E-state index in [1.807, 2.05) is 0 Å². The third-order valence-corrected chi connectivity index (χ3v) is 2.28. The van der Waals surface area contributed by atoms with Gasteiger partial charge in [-0.15, -0.1) is 0 Å². The van der Waals surface area contributed by atoms with E-state index in [4.69, 9.17) is 0 Å². The molecule has 0 spiro atoms. The average Bonchev–Trinajstić information content (AvgIpc) is 2.05. The molecule has 2 nitrogen and oxygen atoms in total. The monoisotopic (exact) mass is 284 g/mol. The Morgan fingerprint density at radius 3 is 2.50 bits per heavy atom. The van der Waals surface area contributed by atoms with Gasteiger partial charge in [-0.05, 0) is 6.92 Å². The van der Waals surface area contributed by atoms with E-state index in [0.29, 0.717) is 5.69 Å². The molecule has 66 valence electrons. The molecule has 0 saturated heterocycles. The first-order valence-electron chi connectivity index (χ1n) is 3.29. The van der Waals surface area contributed by atoms with Gasteiger partial charge in [-0.2, -0.15) is 8.78 Å². The second kappa shape index (κ2) is 3.59. The Morgan fingerprint density at radius 1 is 1.42 bits per heavy atom. The standard InChI is InChI=1S/C7H7F2IN2/c1-5-2-12-6(3-11-5)7(8,9)4-10/h2-3H,4H2,1H3. The van der Waals surface area contributed by atoms with E-state index in [2.05, 4.69) is 9.97 Å². The Morgan fingerprint density at radius 2 is 2.08 bits per heavy atom. The molecule has 1 heterocycles. The number of rotatable bonds is 2. The van der Waals surface area contributed by atoms with Crippen LogP contribution in [0.25, 0.3) is 0 Å². The predicted octanol–water partition coefficient (Wildman–Crippen LogP) is 2.31. The summed E-state index contributed by atoms with van der Waals surface area (Å²) in [5, 5.41) is 0. The van der Waals surface area contributed by atoms with Crippen LogP contribution in [-0.4, -0.2) is 14.4 Å². The second-order valence-electron chi connectivity index (χ2n) is 2.38. The van der Waals surface area contributed by atoms with Crippen LogP contribution in [0.1, 0.15) is 11.4 Å². The molecule has 0 aliphatic heterocycles. The average molecular weight is 284 g/mol. The Balaban J connectivity index is 2.96. The van der Waals surface area contributed by atoms with Crippen molar-refractivity contribution in [2.75, 3.05) is 4.43 Å². The van der Waals surface area contributed by atoms with Crippen LogP contribution in [0.3, 0.4) is 0 Å². The SMILES string of the molecule is Cc1cnc(C(F)(F)CI)cn1. The topological polar surface area (TPSA) is 25.8 Å². The van der Waals surface area contributed by atoms with Crippen LogP contribution < -0.4 is 0 Å². The fraction of sp³-hybridized carbons (Fsp3) is 0.429. The number of hydrogen-bond acceptors (Lipinski definition) is 2. The highest BCUT2D eigenvalue weighted by Gasteiger charge is 2.31. The minimum atomic E-state index is -2.86. The minimum Gasteiger partial charge on any atom is -0.258 e.